The van der Waals surface area contributed by atoms with E-state index in [2.05, 4.69) is 20.0 Å². The van der Waals surface area contributed by atoms with E-state index in [1.165, 1.54) is 6.92 Å². The van der Waals surface area contributed by atoms with Crippen molar-refractivity contribution in [2.45, 2.75) is 25.4 Å². The van der Waals surface area contributed by atoms with E-state index >= 15 is 0 Å². The van der Waals surface area contributed by atoms with Crippen LogP contribution in [-0.4, -0.2) is 57.3 Å². The minimum absolute atomic E-state index is 0.0587. The second-order valence-corrected chi connectivity index (χ2v) is 10.2. The van der Waals surface area contributed by atoms with Crippen LogP contribution >= 0.6 is 7.75 Å². The molecule has 13 heteroatoms. The van der Waals surface area contributed by atoms with Crippen LogP contribution in [-0.2, 0) is 13.9 Å². The number of hydrogen-bond donors (Lipinski definition) is 3. The zero-order valence-corrected chi connectivity index (χ0v) is 20.5. The fourth-order valence-corrected chi connectivity index (χ4v) is 5.30. The van der Waals surface area contributed by atoms with Gasteiger partial charge in [0.2, 0.25) is 5.95 Å². The number of aliphatic carboxylic acids is 1. The molecule has 0 fully saturated rings. The summed E-state index contributed by atoms with van der Waals surface area (Å²) in [6, 6.07) is 7.26. The smallest absolute Gasteiger partial charge is 0.459 e. The number of fused-ring (bicyclic) bond motifs is 1. The third-order valence-electron chi connectivity index (χ3n) is 5.50. The van der Waals surface area contributed by atoms with E-state index in [0.717, 1.165) is 0 Å². The summed E-state index contributed by atoms with van der Waals surface area (Å²) in [5.74, 6) is -0.177. The Bertz CT molecular complexity index is 1280. The lowest BCUT2D eigenvalue weighted by Gasteiger charge is -2.23. The van der Waals surface area contributed by atoms with Gasteiger partial charge in [0.1, 0.15) is 11.8 Å². The molecule has 1 aliphatic rings. The van der Waals surface area contributed by atoms with Gasteiger partial charge in [-0.05, 0) is 25.5 Å². The highest BCUT2D eigenvalue weighted by Crippen LogP contribution is 2.46. The predicted molar refractivity (Wildman–Crippen MR) is 131 cm³/mol. The van der Waals surface area contributed by atoms with Crippen LogP contribution in [0.15, 0.2) is 48.8 Å². The summed E-state index contributed by atoms with van der Waals surface area (Å²) in [6.45, 7) is 1.43. The van der Waals surface area contributed by atoms with Crippen LogP contribution in [0.4, 0.5) is 11.8 Å². The van der Waals surface area contributed by atoms with Crippen molar-refractivity contribution in [3.63, 3.8) is 0 Å². The van der Waals surface area contributed by atoms with Crippen molar-refractivity contribution in [1.82, 2.24) is 24.6 Å². The van der Waals surface area contributed by atoms with E-state index in [4.69, 9.17) is 14.8 Å². The second kappa shape index (κ2) is 10.0. The molecule has 2 heterocycles. The van der Waals surface area contributed by atoms with Gasteiger partial charge >= 0.3 is 13.7 Å². The maximum atomic E-state index is 13.4. The average Bonchev–Trinajstić information content (AvgIpc) is 3.44. The Morgan fingerprint density at radius 1 is 1.31 bits per heavy atom. The third kappa shape index (κ3) is 5.61. The summed E-state index contributed by atoms with van der Waals surface area (Å²) in [6.07, 6.45) is 6.29. The number of allylic oxidation sites excluding steroid dienone is 1. The molecule has 1 unspecified atom stereocenters. The van der Waals surface area contributed by atoms with Crippen LogP contribution in [0.2, 0.25) is 0 Å². The lowest BCUT2D eigenvalue weighted by molar-refractivity contribution is -0.138. The Hall–Kier alpha value is -3.47. The molecular formula is C22H28N7O5P. The quantitative estimate of drug-likeness (QED) is 0.277. The maximum absolute atomic E-state index is 13.4. The molecule has 1 aromatic carbocycles. The molecule has 0 radical (unpaired) electrons. The molecule has 1 aliphatic carbocycles. The summed E-state index contributed by atoms with van der Waals surface area (Å²) in [4.78, 5) is 26.3. The van der Waals surface area contributed by atoms with Gasteiger partial charge < -0.3 is 24.8 Å². The Kier molecular flexibility index (Phi) is 7.06. The third-order valence-corrected chi connectivity index (χ3v) is 7.14. The number of benzene rings is 1. The average molecular weight is 501 g/mol. The van der Waals surface area contributed by atoms with Crippen molar-refractivity contribution in [3.05, 3.63) is 48.8 Å². The van der Waals surface area contributed by atoms with Crippen molar-refractivity contribution in [2.24, 2.45) is 5.92 Å². The number of carboxylic acid groups (broad SMARTS) is 1. The molecule has 0 amide bonds. The molecule has 186 valence electrons. The van der Waals surface area contributed by atoms with Crippen molar-refractivity contribution in [2.75, 3.05) is 31.3 Å². The molecule has 2 aromatic heterocycles. The number of para-hydroxylation sites is 1. The summed E-state index contributed by atoms with van der Waals surface area (Å²) < 4.78 is 26.6. The van der Waals surface area contributed by atoms with Gasteiger partial charge in [0.15, 0.2) is 17.0 Å². The zero-order chi connectivity index (χ0) is 25.2. The normalized spacial score (nSPS) is 20.0. The van der Waals surface area contributed by atoms with Crippen LogP contribution in [0.1, 0.15) is 19.4 Å². The number of carboxylic acids is 1. The van der Waals surface area contributed by atoms with Crippen molar-refractivity contribution in [3.8, 4) is 5.75 Å². The Labute approximate surface area is 202 Å². The van der Waals surface area contributed by atoms with Gasteiger partial charge in [0, 0.05) is 20.0 Å². The van der Waals surface area contributed by atoms with E-state index in [1.54, 1.807) is 36.7 Å². The standard InChI is InChI=1S/C22H28N7O5P/c1-14(21(30)31)27-35(32,34-17-7-5-4-6-8-17)33-12-15-9-10-16(11-15)29-13-24-18-19(28(2)3)25-22(23)26-20(18)29/h4-10,13-16H,11-12H2,1-3H3,(H,27,32)(H,30,31)(H2,23,25,26)/t14?,15-,16+,35-/m1/s1. The molecule has 4 atom stereocenters. The molecule has 4 rings (SSSR count). The number of carbonyl (C=O) groups is 1. The summed E-state index contributed by atoms with van der Waals surface area (Å²) in [5, 5.41) is 11.7. The van der Waals surface area contributed by atoms with Gasteiger partial charge in [-0.25, -0.2) is 9.55 Å². The Balaban J connectivity index is 1.47. The van der Waals surface area contributed by atoms with Gasteiger partial charge in [-0.3, -0.25) is 9.32 Å². The van der Waals surface area contributed by atoms with Crippen LogP contribution in [0.5, 0.6) is 5.75 Å². The number of nitrogens with zero attached hydrogens (tertiary/aromatic N) is 5. The predicted octanol–water partition coefficient (Wildman–Crippen LogP) is 2.86. The fourth-order valence-electron chi connectivity index (χ4n) is 3.75. The number of rotatable bonds is 10. The van der Waals surface area contributed by atoms with Crippen LogP contribution in [0.3, 0.4) is 0 Å². The van der Waals surface area contributed by atoms with Gasteiger partial charge in [-0.1, -0.05) is 30.4 Å². The van der Waals surface area contributed by atoms with E-state index in [-0.39, 0.29) is 24.5 Å². The molecular weight excluding hydrogens is 473 g/mol. The van der Waals surface area contributed by atoms with Crippen molar-refractivity contribution >= 4 is 36.6 Å². The van der Waals surface area contributed by atoms with E-state index in [9.17, 15) is 14.5 Å². The SMILES string of the molecule is CC(N[P@@](=O)(OC[C@@H]1C=C[C@H](n2cnc3c(N(C)C)nc(N)nc32)C1)Oc1ccccc1)C(=O)O. The van der Waals surface area contributed by atoms with E-state index in [0.29, 0.717) is 29.2 Å². The number of anilines is 2. The lowest BCUT2D eigenvalue weighted by atomic mass is 10.1. The number of nitrogens with two attached hydrogens (primary N) is 1. The second-order valence-electron chi connectivity index (χ2n) is 8.46. The minimum atomic E-state index is -3.97. The Morgan fingerprint density at radius 3 is 2.74 bits per heavy atom. The summed E-state index contributed by atoms with van der Waals surface area (Å²) in [5.41, 5.74) is 7.18. The van der Waals surface area contributed by atoms with Crippen molar-refractivity contribution in [1.29, 1.82) is 0 Å². The highest BCUT2D eigenvalue weighted by molar-refractivity contribution is 7.52. The monoisotopic (exact) mass is 501 g/mol. The van der Waals surface area contributed by atoms with Crippen LogP contribution in [0, 0.1) is 5.92 Å². The molecule has 0 saturated heterocycles. The van der Waals surface area contributed by atoms with Crippen LogP contribution in [0.25, 0.3) is 11.2 Å². The highest BCUT2D eigenvalue weighted by atomic mass is 31.2. The topological polar surface area (TPSA) is 158 Å². The van der Waals surface area contributed by atoms with Gasteiger partial charge in [-0.2, -0.15) is 15.1 Å². The van der Waals surface area contributed by atoms with Crippen LogP contribution < -0.4 is 20.2 Å². The summed E-state index contributed by atoms with van der Waals surface area (Å²) >= 11 is 0. The molecule has 0 saturated carbocycles. The first-order chi connectivity index (χ1) is 16.6. The van der Waals surface area contributed by atoms with Gasteiger partial charge in [-0.15, -0.1) is 0 Å². The number of nitrogens with one attached hydrogen (secondary N) is 1. The molecule has 3 aromatic rings. The Morgan fingerprint density at radius 2 is 2.06 bits per heavy atom. The van der Waals surface area contributed by atoms with E-state index < -0.39 is 19.8 Å². The summed E-state index contributed by atoms with van der Waals surface area (Å²) in [7, 11) is -0.255. The molecule has 35 heavy (non-hydrogen) atoms. The van der Waals surface area contributed by atoms with Gasteiger partial charge in [0.25, 0.3) is 0 Å². The molecule has 0 bridgehead atoms. The maximum Gasteiger partial charge on any atom is 0.459 e. The number of imidazole rings is 1. The first-order valence-electron chi connectivity index (χ1n) is 11.0. The fraction of sp³-hybridized carbons (Fsp3) is 0.364. The van der Waals surface area contributed by atoms with Gasteiger partial charge in [0.05, 0.1) is 19.0 Å². The molecule has 4 N–H and O–H groups in total. The lowest BCUT2D eigenvalue weighted by Crippen LogP contribution is -2.33. The first-order valence-corrected chi connectivity index (χ1v) is 12.5. The number of hydrogen-bond acceptors (Lipinski definition) is 9. The molecule has 12 nitrogen and oxygen atoms in total. The largest absolute Gasteiger partial charge is 0.480 e. The highest BCUT2D eigenvalue weighted by Gasteiger charge is 2.33. The first kappa shape index (κ1) is 24.6. The minimum Gasteiger partial charge on any atom is -0.480 e. The molecule has 0 spiro atoms. The van der Waals surface area contributed by atoms with Crippen molar-refractivity contribution < 1.29 is 23.5 Å². The number of aromatic nitrogens is 4. The zero-order valence-electron chi connectivity index (χ0n) is 19.6. The number of nitrogen functional groups attached to an aromatic ring is 1. The molecule has 0 aliphatic heterocycles. The van der Waals surface area contributed by atoms with E-state index in [1.807, 2.05) is 35.7 Å².